The monoisotopic (exact) mass is 584 g/mol. The normalized spacial score (nSPS) is 22.4. The van der Waals surface area contributed by atoms with Crippen molar-refractivity contribution >= 4 is 34.2 Å². The first-order valence-corrected chi connectivity index (χ1v) is 13.8. The maximum Gasteiger partial charge on any atom is 0.220 e. The number of halogens is 1. The summed E-state index contributed by atoms with van der Waals surface area (Å²) in [5.41, 5.74) is 12.6. The first-order chi connectivity index (χ1) is 19.8. The second-order valence-corrected chi connectivity index (χ2v) is 10.3. The van der Waals surface area contributed by atoms with E-state index >= 15 is 0 Å². The molecule has 0 saturated carbocycles. The topological polar surface area (TPSA) is 151 Å². The van der Waals surface area contributed by atoms with Crippen LogP contribution in [-0.4, -0.2) is 67.9 Å². The molecule has 0 aromatic heterocycles. The van der Waals surface area contributed by atoms with Gasteiger partial charge in [0.2, 0.25) is 5.91 Å². The Morgan fingerprint density at radius 3 is 2.46 bits per heavy atom. The third-order valence-electron chi connectivity index (χ3n) is 6.77. The number of carbonyl (C=O) groups excluding carboxylic acids is 1. The number of guanidine groups is 1. The van der Waals surface area contributed by atoms with Crippen molar-refractivity contribution < 1.29 is 28.8 Å². The minimum absolute atomic E-state index is 0.0313. The standard InChI is InChI=1S/C30H37ClN4O6/c1-38-18-24-27(37)28(39-16-19-9-12-23(31)13-10-19)26(35-25(36)7-4-14-34-30(32)33)29(41-24)40-17-20-8-11-21-5-2-3-6-22(21)15-20/h2-3,5-6,8-13,15,24,26-29,37H,4,7,14,16-18H2,1H3,(H,35,36)(H4,32,33,34)/t24-,26-,27-,28-,29+/m1/s1. The van der Waals surface area contributed by atoms with E-state index in [1.807, 2.05) is 54.6 Å². The van der Waals surface area contributed by atoms with Crippen LogP contribution in [0.5, 0.6) is 0 Å². The Bertz CT molecular complexity index is 1300. The Morgan fingerprint density at radius 2 is 1.73 bits per heavy atom. The summed E-state index contributed by atoms with van der Waals surface area (Å²) < 4.78 is 23.9. The van der Waals surface area contributed by atoms with Gasteiger partial charge >= 0.3 is 0 Å². The molecule has 3 aromatic carbocycles. The number of amides is 1. The van der Waals surface area contributed by atoms with Gasteiger partial charge in [-0.15, -0.1) is 0 Å². The van der Waals surface area contributed by atoms with Crippen molar-refractivity contribution in [3.63, 3.8) is 0 Å². The van der Waals surface area contributed by atoms with Gasteiger partial charge in [0.05, 0.1) is 19.8 Å². The molecule has 1 saturated heterocycles. The molecule has 11 heteroatoms. The number of nitrogens with one attached hydrogen (secondary N) is 1. The number of ether oxygens (including phenoxy) is 4. The van der Waals surface area contributed by atoms with Gasteiger partial charge in [0, 0.05) is 25.1 Å². The molecule has 41 heavy (non-hydrogen) atoms. The predicted molar refractivity (Wildman–Crippen MR) is 157 cm³/mol. The first kappa shape index (κ1) is 30.7. The lowest BCUT2D eigenvalue weighted by atomic mass is 9.96. The highest BCUT2D eigenvalue weighted by molar-refractivity contribution is 6.30. The SMILES string of the molecule is COC[C@H]1O[C@H](OCc2ccc3ccccc3c2)[C@H](NC(=O)CCCN=C(N)N)[C@@H](OCc2ccc(Cl)cc2)[C@@H]1O. The van der Waals surface area contributed by atoms with Crippen molar-refractivity contribution in [3.05, 3.63) is 82.9 Å². The fourth-order valence-electron chi connectivity index (χ4n) is 4.70. The van der Waals surface area contributed by atoms with E-state index in [2.05, 4.69) is 10.3 Å². The molecular weight excluding hydrogens is 548 g/mol. The molecule has 1 aliphatic heterocycles. The van der Waals surface area contributed by atoms with Crippen LogP contribution in [-0.2, 0) is 37.0 Å². The summed E-state index contributed by atoms with van der Waals surface area (Å²) in [6.45, 7) is 0.809. The molecule has 4 rings (SSSR count). The summed E-state index contributed by atoms with van der Waals surface area (Å²) in [5, 5.41) is 17.0. The Morgan fingerprint density at radius 1 is 1.02 bits per heavy atom. The fraction of sp³-hybridized carbons (Fsp3) is 0.400. The summed E-state index contributed by atoms with van der Waals surface area (Å²) in [7, 11) is 1.52. The average Bonchev–Trinajstić information content (AvgIpc) is 2.96. The zero-order valence-corrected chi connectivity index (χ0v) is 23.7. The maximum atomic E-state index is 13.0. The molecule has 3 aromatic rings. The highest BCUT2D eigenvalue weighted by Crippen LogP contribution is 2.27. The number of fused-ring (bicyclic) bond motifs is 1. The van der Waals surface area contributed by atoms with Crippen molar-refractivity contribution in [2.45, 2.75) is 56.7 Å². The van der Waals surface area contributed by atoms with E-state index in [1.54, 1.807) is 12.1 Å². The van der Waals surface area contributed by atoms with Crippen LogP contribution < -0.4 is 16.8 Å². The minimum Gasteiger partial charge on any atom is -0.388 e. The number of carbonyl (C=O) groups is 1. The lowest BCUT2D eigenvalue weighted by Gasteiger charge is -2.44. The number of hydrogen-bond acceptors (Lipinski definition) is 7. The Balaban J connectivity index is 1.53. The molecule has 5 atom stereocenters. The molecular formula is C30H37ClN4O6. The van der Waals surface area contributed by atoms with Gasteiger partial charge in [0.25, 0.3) is 0 Å². The van der Waals surface area contributed by atoms with E-state index in [0.29, 0.717) is 18.0 Å². The Hall–Kier alpha value is -3.25. The third-order valence-corrected chi connectivity index (χ3v) is 7.02. The minimum atomic E-state index is -1.10. The molecule has 10 nitrogen and oxygen atoms in total. The molecule has 0 aliphatic carbocycles. The van der Waals surface area contributed by atoms with E-state index in [9.17, 15) is 9.90 Å². The average molecular weight is 585 g/mol. The van der Waals surface area contributed by atoms with Crippen molar-refractivity contribution in [2.24, 2.45) is 16.5 Å². The van der Waals surface area contributed by atoms with Gasteiger partial charge in [-0.3, -0.25) is 9.79 Å². The number of benzene rings is 3. The number of nitrogens with zero attached hydrogens (tertiary/aromatic N) is 1. The molecule has 0 radical (unpaired) electrons. The second kappa shape index (κ2) is 15.1. The number of methoxy groups -OCH3 is 1. The van der Waals surface area contributed by atoms with Gasteiger partial charge in [-0.1, -0.05) is 60.1 Å². The van der Waals surface area contributed by atoms with Gasteiger partial charge in [0.1, 0.15) is 24.4 Å². The summed E-state index contributed by atoms with van der Waals surface area (Å²) in [6.07, 6.45) is -3.04. The predicted octanol–water partition coefficient (Wildman–Crippen LogP) is 2.87. The molecule has 0 unspecified atom stereocenters. The molecule has 1 aliphatic rings. The number of aliphatic imine (C=N–C) groups is 1. The van der Waals surface area contributed by atoms with Crippen LogP contribution in [0, 0.1) is 0 Å². The number of hydrogen-bond donors (Lipinski definition) is 4. The van der Waals surface area contributed by atoms with Gasteiger partial charge in [0.15, 0.2) is 12.2 Å². The summed E-state index contributed by atoms with van der Waals surface area (Å²) in [6, 6.07) is 20.5. The fourth-order valence-corrected chi connectivity index (χ4v) is 4.83. The highest BCUT2D eigenvalue weighted by Gasteiger charge is 2.47. The van der Waals surface area contributed by atoms with Gasteiger partial charge in [-0.2, -0.15) is 0 Å². The first-order valence-electron chi connectivity index (χ1n) is 13.5. The zero-order valence-electron chi connectivity index (χ0n) is 22.9. The van der Waals surface area contributed by atoms with Crippen LogP contribution in [0.15, 0.2) is 71.7 Å². The van der Waals surface area contributed by atoms with E-state index < -0.39 is 30.6 Å². The number of nitrogens with two attached hydrogens (primary N) is 2. The number of rotatable bonds is 13. The smallest absolute Gasteiger partial charge is 0.220 e. The van der Waals surface area contributed by atoms with E-state index in [-0.39, 0.29) is 38.1 Å². The number of aliphatic hydroxyl groups excluding tert-OH is 1. The molecule has 1 fully saturated rings. The van der Waals surface area contributed by atoms with Crippen LogP contribution in [0.4, 0.5) is 0 Å². The number of aliphatic hydroxyl groups is 1. The van der Waals surface area contributed by atoms with Crippen LogP contribution in [0.3, 0.4) is 0 Å². The Labute approximate surface area is 244 Å². The van der Waals surface area contributed by atoms with Crippen LogP contribution in [0.25, 0.3) is 10.8 Å². The van der Waals surface area contributed by atoms with E-state index in [1.165, 1.54) is 7.11 Å². The van der Waals surface area contributed by atoms with Crippen molar-refractivity contribution in [2.75, 3.05) is 20.3 Å². The quantitative estimate of drug-likeness (QED) is 0.136. The van der Waals surface area contributed by atoms with Gasteiger partial charge < -0.3 is 40.8 Å². The molecule has 0 bridgehead atoms. The summed E-state index contributed by atoms with van der Waals surface area (Å²) in [5.74, 6) is -0.308. The molecule has 220 valence electrons. The lowest BCUT2D eigenvalue weighted by Crippen LogP contribution is -2.65. The third kappa shape index (κ3) is 8.87. The van der Waals surface area contributed by atoms with Crippen LogP contribution in [0.2, 0.25) is 5.02 Å². The Kier molecular flexibility index (Phi) is 11.3. The van der Waals surface area contributed by atoms with E-state index in [0.717, 1.165) is 21.9 Å². The highest BCUT2D eigenvalue weighted by atomic mass is 35.5. The van der Waals surface area contributed by atoms with Crippen LogP contribution in [0.1, 0.15) is 24.0 Å². The van der Waals surface area contributed by atoms with Crippen LogP contribution >= 0.6 is 11.6 Å². The van der Waals surface area contributed by atoms with Crippen molar-refractivity contribution in [3.8, 4) is 0 Å². The molecule has 1 amide bonds. The molecule has 1 heterocycles. The lowest BCUT2D eigenvalue weighted by molar-refractivity contribution is -0.282. The largest absolute Gasteiger partial charge is 0.388 e. The molecule has 0 spiro atoms. The van der Waals surface area contributed by atoms with Crippen molar-refractivity contribution in [1.82, 2.24) is 5.32 Å². The van der Waals surface area contributed by atoms with Crippen molar-refractivity contribution in [1.29, 1.82) is 0 Å². The maximum absolute atomic E-state index is 13.0. The van der Waals surface area contributed by atoms with Gasteiger partial charge in [-0.05, 0) is 46.5 Å². The summed E-state index contributed by atoms with van der Waals surface area (Å²) in [4.78, 5) is 16.9. The van der Waals surface area contributed by atoms with E-state index in [4.69, 9.17) is 42.0 Å². The molecule has 6 N–H and O–H groups in total. The summed E-state index contributed by atoms with van der Waals surface area (Å²) >= 11 is 6.03. The van der Waals surface area contributed by atoms with Gasteiger partial charge in [-0.25, -0.2) is 0 Å². The second-order valence-electron chi connectivity index (χ2n) is 9.89. The zero-order chi connectivity index (χ0) is 29.2.